The molecule has 0 N–H and O–H groups in total. The minimum atomic E-state index is -0.582. The molecule has 0 amide bonds. The van der Waals surface area contributed by atoms with Gasteiger partial charge in [0.15, 0.2) is 0 Å². The lowest BCUT2D eigenvalue weighted by Crippen LogP contribution is -1.98. The summed E-state index contributed by atoms with van der Waals surface area (Å²) < 4.78 is 40.6. The highest BCUT2D eigenvalue weighted by atomic mass is 19.1. The van der Waals surface area contributed by atoms with Gasteiger partial charge < -0.3 is 0 Å². The Hall–Kier alpha value is -3.14. The van der Waals surface area contributed by atoms with Gasteiger partial charge in [0.25, 0.3) is 0 Å². The molecule has 0 fully saturated rings. The van der Waals surface area contributed by atoms with Gasteiger partial charge >= 0.3 is 0 Å². The summed E-state index contributed by atoms with van der Waals surface area (Å²) in [4.78, 5) is 4.51. The van der Waals surface area contributed by atoms with E-state index in [0.717, 1.165) is 28.5 Å². The van der Waals surface area contributed by atoms with Crippen molar-refractivity contribution in [1.82, 2.24) is 0 Å². The third-order valence-electron chi connectivity index (χ3n) is 4.53. The Bertz CT molecular complexity index is 1050. The van der Waals surface area contributed by atoms with Gasteiger partial charge in [-0.3, -0.25) is 4.99 Å². The summed E-state index contributed by atoms with van der Waals surface area (Å²) in [6, 6.07) is 16.0. The molecule has 3 aromatic rings. The van der Waals surface area contributed by atoms with Gasteiger partial charge in [0.2, 0.25) is 0 Å². The first kappa shape index (κ1) is 17.3. The maximum atomic E-state index is 13.8. The van der Waals surface area contributed by atoms with E-state index in [9.17, 15) is 13.2 Å². The Balaban J connectivity index is 1.59. The molecule has 0 saturated heterocycles. The molecule has 0 saturated carbocycles. The molecule has 1 aliphatic heterocycles. The topological polar surface area (TPSA) is 12.4 Å². The molecule has 0 unspecified atom stereocenters. The van der Waals surface area contributed by atoms with Crippen molar-refractivity contribution < 1.29 is 13.2 Å². The van der Waals surface area contributed by atoms with Gasteiger partial charge in [-0.15, -0.1) is 0 Å². The zero-order chi connectivity index (χ0) is 18.8. The van der Waals surface area contributed by atoms with Crippen molar-refractivity contribution in [3.8, 4) is 0 Å². The van der Waals surface area contributed by atoms with E-state index in [1.165, 1.54) is 18.2 Å². The van der Waals surface area contributed by atoms with Crippen molar-refractivity contribution in [1.29, 1.82) is 0 Å². The Morgan fingerprint density at radius 3 is 2.37 bits per heavy atom. The maximum Gasteiger partial charge on any atom is 0.130 e. The van der Waals surface area contributed by atoms with Gasteiger partial charge in [-0.25, -0.2) is 13.2 Å². The fourth-order valence-electron chi connectivity index (χ4n) is 3.24. The summed E-state index contributed by atoms with van der Waals surface area (Å²) in [6.07, 6.45) is 3.93. The van der Waals surface area contributed by atoms with Crippen LogP contribution in [0.5, 0.6) is 0 Å². The minimum Gasteiger partial charge on any atom is -0.280 e. The standard InChI is InChI=1S/C23H16F3N/c24-19-10-16(11-20(25)13-19)9-15-5-6-18-14-27-23(21(18)12-15)8-7-17-3-1-2-4-22(17)26/h1-8,10-13H,9,14H2/b8-7+. The summed E-state index contributed by atoms with van der Waals surface area (Å²) in [7, 11) is 0. The molecule has 27 heavy (non-hydrogen) atoms. The Labute approximate surface area is 155 Å². The number of hydrogen-bond acceptors (Lipinski definition) is 1. The molecule has 1 nitrogen and oxygen atoms in total. The van der Waals surface area contributed by atoms with Gasteiger partial charge in [0.05, 0.1) is 12.3 Å². The van der Waals surface area contributed by atoms with Crippen molar-refractivity contribution in [2.24, 2.45) is 4.99 Å². The summed E-state index contributed by atoms with van der Waals surface area (Å²) >= 11 is 0. The van der Waals surface area contributed by atoms with E-state index in [0.29, 0.717) is 24.1 Å². The number of halogens is 3. The quantitative estimate of drug-likeness (QED) is 0.563. The average molecular weight is 363 g/mol. The van der Waals surface area contributed by atoms with Crippen LogP contribution in [-0.2, 0) is 13.0 Å². The molecular weight excluding hydrogens is 347 g/mol. The number of allylic oxidation sites excluding steroid dienone is 1. The van der Waals surface area contributed by atoms with Crippen molar-refractivity contribution in [3.05, 3.63) is 112 Å². The van der Waals surface area contributed by atoms with Crippen LogP contribution in [0.2, 0.25) is 0 Å². The number of fused-ring (bicyclic) bond motifs is 1. The normalized spacial score (nSPS) is 13.1. The first-order valence-corrected chi connectivity index (χ1v) is 8.63. The average Bonchev–Trinajstić information content (AvgIpc) is 3.02. The third kappa shape index (κ3) is 3.85. The van der Waals surface area contributed by atoms with Gasteiger partial charge in [0, 0.05) is 17.2 Å². The maximum absolute atomic E-state index is 13.8. The van der Waals surface area contributed by atoms with E-state index in [-0.39, 0.29) is 5.82 Å². The van der Waals surface area contributed by atoms with Crippen LogP contribution in [0.15, 0.2) is 71.7 Å². The van der Waals surface area contributed by atoms with Gasteiger partial charge in [-0.1, -0.05) is 30.3 Å². The van der Waals surface area contributed by atoms with E-state index < -0.39 is 11.6 Å². The van der Waals surface area contributed by atoms with Crippen molar-refractivity contribution in [2.45, 2.75) is 13.0 Å². The molecule has 0 spiro atoms. The molecule has 1 aliphatic rings. The molecule has 3 aromatic carbocycles. The number of benzene rings is 3. The second kappa shape index (κ2) is 7.23. The van der Waals surface area contributed by atoms with E-state index in [4.69, 9.17) is 0 Å². The lowest BCUT2D eigenvalue weighted by Gasteiger charge is -2.07. The first-order chi connectivity index (χ1) is 13.1. The monoisotopic (exact) mass is 363 g/mol. The van der Waals surface area contributed by atoms with Crippen LogP contribution in [-0.4, -0.2) is 5.71 Å². The first-order valence-electron chi connectivity index (χ1n) is 8.63. The van der Waals surface area contributed by atoms with E-state index in [1.807, 2.05) is 18.2 Å². The third-order valence-corrected chi connectivity index (χ3v) is 4.53. The summed E-state index contributed by atoms with van der Waals surface area (Å²) in [5.41, 5.74) is 4.84. The van der Waals surface area contributed by atoms with E-state index >= 15 is 0 Å². The molecule has 0 atom stereocenters. The van der Waals surface area contributed by atoms with Crippen molar-refractivity contribution in [2.75, 3.05) is 0 Å². The zero-order valence-corrected chi connectivity index (χ0v) is 14.4. The largest absolute Gasteiger partial charge is 0.280 e. The highest BCUT2D eigenvalue weighted by molar-refractivity contribution is 6.13. The molecule has 4 heteroatoms. The highest BCUT2D eigenvalue weighted by Gasteiger charge is 2.14. The number of aliphatic imine (C=N–C) groups is 1. The van der Waals surface area contributed by atoms with Gasteiger partial charge in [-0.2, -0.15) is 0 Å². The van der Waals surface area contributed by atoms with Crippen LogP contribution in [0.25, 0.3) is 6.08 Å². The van der Waals surface area contributed by atoms with Crippen LogP contribution < -0.4 is 0 Å². The van der Waals surface area contributed by atoms with Crippen molar-refractivity contribution in [3.63, 3.8) is 0 Å². The number of rotatable bonds is 4. The van der Waals surface area contributed by atoms with Gasteiger partial charge in [0.1, 0.15) is 17.5 Å². The zero-order valence-electron chi connectivity index (χ0n) is 14.4. The van der Waals surface area contributed by atoms with Crippen molar-refractivity contribution >= 4 is 11.8 Å². The fraction of sp³-hybridized carbons (Fsp3) is 0.0870. The molecule has 0 aromatic heterocycles. The summed E-state index contributed by atoms with van der Waals surface area (Å²) in [5, 5.41) is 0. The van der Waals surface area contributed by atoms with Crippen LogP contribution >= 0.6 is 0 Å². The van der Waals surface area contributed by atoms with Crippen LogP contribution in [0, 0.1) is 17.5 Å². The molecule has 1 heterocycles. The smallest absolute Gasteiger partial charge is 0.130 e. The summed E-state index contributed by atoms with van der Waals surface area (Å²) in [6.45, 7) is 0.571. The second-order valence-electron chi connectivity index (χ2n) is 6.50. The Kier molecular flexibility index (Phi) is 4.63. The lowest BCUT2D eigenvalue weighted by molar-refractivity contribution is 0.580. The van der Waals surface area contributed by atoms with Crippen LogP contribution in [0.1, 0.15) is 27.8 Å². The molecule has 0 aliphatic carbocycles. The highest BCUT2D eigenvalue weighted by Crippen LogP contribution is 2.24. The molecular formula is C23H16F3N. The van der Waals surface area contributed by atoms with E-state index in [1.54, 1.807) is 30.4 Å². The number of hydrogen-bond donors (Lipinski definition) is 0. The second-order valence-corrected chi connectivity index (χ2v) is 6.50. The Morgan fingerprint density at radius 1 is 0.815 bits per heavy atom. The predicted octanol–water partition coefficient (Wildman–Crippen LogP) is 5.71. The fourth-order valence-corrected chi connectivity index (χ4v) is 3.24. The minimum absolute atomic E-state index is 0.283. The molecule has 0 bridgehead atoms. The predicted molar refractivity (Wildman–Crippen MR) is 101 cm³/mol. The van der Waals surface area contributed by atoms with Gasteiger partial charge in [-0.05, 0) is 59.5 Å². The lowest BCUT2D eigenvalue weighted by atomic mass is 9.97. The van der Waals surface area contributed by atoms with Crippen LogP contribution in [0.4, 0.5) is 13.2 Å². The molecule has 4 rings (SSSR count). The molecule has 0 radical (unpaired) electrons. The molecule has 134 valence electrons. The summed E-state index contributed by atoms with van der Waals surface area (Å²) in [5.74, 6) is -1.45. The number of nitrogens with zero attached hydrogens (tertiary/aromatic N) is 1. The Morgan fingerprint density at radius 2 is 1.59 bits per heavy atom. The van der Waals surface area contributed by atoms with Crippen LogP contribution in [0.3, 0.4) is 0 Å². The van der Waals surface area contributed by atoms with E-state index in [2.05, 4.69) is 4.99 Å². The SMILES string of the molecule is Fc1cc(F)cc(Cc2ccc3c(c2)C(/C=C/c2ccccc2F)=NC3)c1.